The Morgan fingerprint density at radius 3 is 2.45 bits per heavy atom. The molecule has 0 saturated heterocycles. The molecule has 1 fully saturated rings. The van der Waals surface area contributed by atoms with Crippen LogP contribution in [0.4, 0.5) is 8.78 Å². The second-order valence-corrected chi connectivity index (χ2v) is 6.08. The molecule has 0 aromatic heterocycles. The fraction of sp³-hybridized carbons (Fsp3) is 0.625. The lowest BCUT2D eigenvalue weighted by Gasteiger charge is -2.47. The summed E-state index contributed by atoms with van der Waals surface area (Å²) in [6, 6.07) is 4.13. The smallest absolute Gasteiger partial charge is 0.162 e. The van der Waals surface area contributed by atoms with Gasteiger partial charge in [-0.25, -0.2) is 8.78 Å². The van der Waals surface area contributed by atoms with Gasteiger partial charge in [-0.2, -0.15) is 0 Å². The van der Waals surface area contributed by atoms with E-state index in [9.17, 15) is 8.78 Å². The highest BCUT2D eigenvalue weighted by Crippen LogP contribution is 2.35. The zero-order valence-corrected chi connectivity index (χ0v) is 12.3. The number of nitrogens with zero attached hydrogens (tertiary/aromatic N) is 1. The van der Waals surface area contributed by atoms with E-state index in [0.717, 1.165) is 31.7 Å². The van der Waals surface area contributed by atoms with Crippen molar-refractivity contribution >= 4 is 0 Å². The van der Waals surface area contributed by atoms with Crippen LogP contribution in [0.1, 0.15) is 37.7 Å². The molecule has 1 aliphatic carbocycles. The minimum atomic E-state index is -0.794. The molecule has 1 aromatic carbocycles. The lowest BCUT2D eigenvalue weighted by atomic mass is 9.74. The van der Waals surface area contributed by atoms with Gasteiger partial charge in [-0.05, 0) is 45.0 Å². The number of halogens is 2. The van der Waals surface area contributed by atoms with Gasteiger partial charge in [0.25, 0.3) is 0 Å². The van der Waals surface area contributed by atoms with E-state index in [2.05, 4.69) is 4.90 Å². The van der Waals surface area contributed by atoms with E-state index >= 15 is 0 Å². The van der Waals surface area contributed by atoms with Crippen molar-refractivity contribution in [1.82, 2.24) is 4.90 Å². The highest BCUT2D eigenvalue weighted by Gasteiger charge is 2.40. The van der Waals surface area contributed by atoms with Crippen molar-refractivity contribution in [2.24, 2.45) is 5.73 Å². The molecular weight excluding hydrogens is 258 g/mol. The quantitative estimate of drug-likeness (QED) is 0.919. The number of rotatable bonds is 4. The molecule has 2 N–H and O–H groups in total. The van der Waals surface area contributed by atoms with Crippen molar-refractivity contribution in [3.8, 4) is 0 Å². The van der Waals surface area contributed by atoms with Gasteiger partial charge in [-0.3, -0.25) is 0 Å². The van der Waals surface area contributed by atoms with Gasteiger partial charge >= 0.3 is 0 Å². The minimum absolute atomic E-state index is 0.100. The molecule has 0 spiro atoms. The Bertz CT molecular complexity index is 454. The summed E-state index contributed by atoms with van der Waals surface area (Å²) < 4.78 is 27.1. The lowest BCUT2D eigenvalue weighted by molar-refractivity contribution is 0.0712. The van der Waals surface area contributed by atoms with Crippen molar-refractivity contribution in [1.29, 1.82) is 0 Å². The minimum Gasteiger partial charge on any atom is -0.326 e. The summed E-state index contributed by atoms with van der Waals surface area (Å²) in [7, 11) is 4.07. The van der Waals surface area contributed by atoms with Gasteiger partial charge in [0.15, 0.2) is 11.6 Å². The van der Waals surface area contributed by atoms with Gasteiger partial charge in [-0.1, -0.05) is 31.4 Å². The molecule has 1 aliphatic rings. The first kappa shape index (κ1) is 15.4. The zero-order chi connectivity index (χ0) is 14.8. The van der Waals surface area contributed by atoms with Crippen LogP contribution in [-0.2, 0) is 6.42 Å². The monoisotopic (exact) mass is 282 g/mol. The fourth-order valence-electron chi connectivity index (χ4n) is 3.45. The average molecular weight is 282 g/mol. The second kappa shape index (κ2) is 6.19. The largest absolute Gasteiger partial charge is 0.326 e. The molecule has 2 rings (SSSR count). The molecular formula is C16H24F2N2. The molecule has 20 heavy (non-hydrogen) atoms. The molecule has 0 radical (unpaired) electrons. The van der Waals surface area contributed by atoms with Crippen LogP contribution in [0.2, 0.25) is 0 Å². The third-order valence-electron chi connectivity index (χ3n) is 4.77. The molecule has 1 saturated carbocycles. The molecule has 1 aromatic rings. The Labute approximate surface area is 120 Å². The van der Waals surface area contributed by atoms with Crippen LogP contribution >= 0.6 is 0 Å². The van der Waals surface area contributed by atoms with Gasteiger partial charge in [0, 0.05) is 11.6 Å². The highest BCUT2D eigenvalue weighted by atomic mass is 19.2. The van der Waals surface area contributed by atoms with Crippen molar-refractivity contribution in [2.75, 3.05) is 14.1 Å². The summed E-state index contributed by atoms with van der Waals surface area (Å²) in [6.45, 7) is 0. The number of likely N-dealkylation sites (N-methyl/N-ethyl adjacent to an activating group) is 1. The number of benzene rings is 1. The number of hydrogen-bond acceptors (Lipinski definition) is 2. The third kappa shape index (κ3) is 2.86. The summed E-state index contributed by atoms with van der Waals surface area (Å²) >= 11 is 0. The van der Waals surface area contributed by atoms with Crippen LogP contribution in [-0.4, -0.2) is 30.6 Å². The molecule has 4 heteroatoms. The highest BCUT2D eigenvalue weighted by molar-refractivity contribution is 5.21. The predicted octanol–water partition coefficient (Wildman–Crippen LogP) is 3.10. The second-order valence-electron chi connectivity index (χ2n) is 6.08. The van der Waals surface area contributed by atoms with Crippen LogP contribution in [0.25, 0.3) is 0 Å². The Morgan fingerprint density at radius 1 is 1.20 bits per heavy atom. The van der Waals surface area contributed by atoms with Crippen molar-refractivity contribution in [3.05, 3.63) is 35.4 Å². The van der Waals surface area contributed by atoms with E-state index in [4.69, 9.17) is 5.73 Å². The maximum atomic E-state index is 13.8. The lowest BCUT2D eigenvalue weighted by Crippen LogP contribution is -2.59. The summed E-state index contributed by atoms with van der Waals surface area (Å²) in [5.74, 6) is -1.55. The average Bonchev–Trinajstić information content (AvgIpc) is 2.44. The molecule has 0 heterocycles. The first-order valence-corrected chi connectivity index (χ1v) is 7.33. The Balaban J connectivity index is 2.20. The summed E-state index contributed by atoms with van der Waals surface area (Å²) in [5.41, 5.74) is 6.68. The molecule has 112 valence electrons. The Kier molecular flexibility index (Phi) is 4.76. The van der Waals surface area contributed by atoms with Crippen LogP contribution in [0.15, 0.2) is 18.2 Å². The normalized spacial score (nSPS) is 20.1. The Hall–Kier alpha value is -1.00. The van der Waals surface area contributed by atoms with Gasteiger partial charge in [-0.15, -0.1) is 0 Å². The predicted molar refractivity (Wildman–Crippen MR) is 77.5 cm³/mol. The van der Waals surface area contributed by atoms with Crippen LogP contribution in [0.3, 0.4) is 0 Å². The van der Waals surface area contributed by atoms with Crippen LogP contribution in [0, 0.1) is 11.6 Å². The van der Waals surface area contributed by atoms with E-state index in [1.54, 1.807) is 12.1 Å². The van der Waals surface area contributed by atoms with Gasteiger partial charge in [0.05, 0.1) is 0 Å². The summed E-state index contributed by atoms with van der Waals surface area (Å²) in [4.78, 5) is 2.17. The first-order chi connectivity index (χ1) is 9.47. The van der Waals surface area contributed by atoms with E-state index in [1.807, 2.05) is 14.1 Å². The summed E-state index contributed by atoms with van der Waals surface area (Å²) in [6.07, 6.45) is 5.96. The van der Waals surface area contributed by atoms with Gasteiger partial charge in [0.1, 0.15) is 0 Å². The molecule has 0 amide bonds. The van der Waals surface area contributed by atoms with Crippen LogP contribution < -0.4 is 5.73 Å². The maximum Gasteiger partial charge on any atom is 0.162 e. The van der Waals surface area contributed by atoms with E-state index in [1.165, 1.54) is 6.42 Å². The first-order valence-electron chi connectivity index (χ1n) is 7.33. The standard InChI is InChI=1S/C16H24F2N2/c1-20(2)16(9-4-3-5-10-16)14(19)11-12-7-6-8-13(17)15(12)18/h6-8,14H,3-5,9-11,19H2,1-2H3. The van der Waals surface area contributed by atoms with Crippen molar-refractivity contribution in [3.63, 3.8) is 0 Å². The molecule has 2 nitrogen and oxygen atoms in total. The number of nitrogens with two attached hydrogens (primary N) is 1. The topological polar surface area (TPSA) is 29.3 Å². The Morgan fingerprint density at radius 2 is 1.85 bits per heavy atom. The zero-order valence-electron chi connectivity index (χ0n) is 12.3. The van der Waals surface area contributed by atoms with Crippen molar-refractivity contribution < 1.29 is 8.78 Å². The molecule has 0 aliphatic heterocycles. The van der Waals surface area contributed by atoms with Crippen LogP contribution in [0.5, 0.6) is 0 Å². The SMILES string of the molecule is CN(C)C1(C(N)Cc2cccc(F)c2F)CCCCC1. The molecule has 1 atom stereocenters. The fourth-order valence-corrected chi connectivity index (χ4v) is 3.45. The molecule has 1 unspecified atom stereocenters. The van der Waals surface area contributed by atoms with Gasteiger partial charge in [0.2, 0.25) is 0 Å². The number of hydrogen-bond donors (Lipinski definition) is 1. The van der Waals surface area contributed by atoms with E-state index < -0.39 is 11.6 Å². The van der Waals surface area contributed by atoms with E-state index in [-0.39, 0.29) is 11.6 Å². The summed E-state index contributed by atoms with van der Waals surface area (Å²) in [5, 5.41) is 0. The van der Waals surface area contributed by atoms with Crippen molar-refractivity contribution in [2.45, 2.75) is 50.1 Å². The third-order valence-corrected chi connectivity index (χ3v) is 4.77. The van der Waals surface area contributed by atoms with E-state index in [0.29, 0.717) is 12.0 Å². The van der Waals surface area contributed by atoms with Gasteiger partial charge < -0.3 is 10.6 Å². The molecule has 0 bridgehead atoms. The maximum absolute atomic E-state index is 13.8.